The number of hydrogen-bond donors (Lipinski definition) is 1. The molecular formula is C11H21N3OS. The number of methoxy groups -OCH3 is 1. The minimum atomic E-state index is 0.360. The molecule has 1 aromatic heterocycles. The first-order valence-corrected chi connectivity index (χ1v) is 6.68. The van der Waals surface area contributed by atoms with Gasteiger partial charge in [0.1, 0.15) is 10.0 Å². The lowest BCUT2D eigenvalue weighted by Crippen LogP contribution is -2.19. The lowest BCUT2D eigenvalue weighted by molar-refractivity contribution is 0.195. The molecule has 1 unspecified atom stereocenters. The molecule has 0 saturated carbocycles. The molecule has 0 radical (unpaired) electrons. The second-order valence-electron chi connectivity index (χ2n) is 3.65. The van der Waals surface area contributed by atoms with Crippen molar-refractivity contribution in [3.63, 3.8) is 0 Å². The number of nitrogens with one attached hydrogen (secondary N) is 1. The van der Waals surface area contributed by atoms with E-state index in [0.717, 1.165) is 42.4 Å². The number of hydrogen-bond acceptors (Lipinski definition) is 5. The second-order valence-corrected chi connectivity index (χ2v) is 4.74. The number of aryl methyl sites for hydroxylation is 1. The van der Waals surface area contributed by atoms with Crippen LogP contribution in [0.1, 0.15) is 42.7 Å². The predicted molar refractivity (Wildman–Crippen MR) is 66.8 cm³/mol. The number of aromatic nitrogens is 2. The smallest absolute Gasteiger partial charge is 0.134 e. The molecule has 0 spiro atoms. The summed E-state index contributed by atoms with van der Waals surface area (Å²) in [5, 5.41) is 14.1. The van der Waals surface area contributed by atoms with Gasteiger partial charge in [0.05, 0.1) is 6.04 Å². The number of rotatable bonds is 8. The van der Waals surface area contributed by atoms with Crippen molar-refractivity contribution in [2.45, 2.75) is 39.2 Å². The average molecular weight is 243 g/mol. The van der Waals surface area contributed by atoms with Crippen molar-refractivity contribution >= 4 is 11.3 Å². The van der Waals surface area contributed by atoms with Crippen molar-refractivity contribution in [1.82, 2.24) is 15.5 Å². The van der Waals surface area contributed by atoms with Crippen molar-refractivity contribution in [3.05, 3.63) is 10.0 Å². The fraction of sp³-hybridized carbons (Fsp3) is 0.818. The van der Waals surface area contributed by atoms with Crippen LogP contribution < -0.4 is 5.32 Å². The molecule has 16 heavy (non-hydrogen) atoms. The highest BCUT2D eigenvalue weighted by Crippen LogP contribution is 2.21. The minimum absolute atomic E-state index is 0.360. The Morgan fingerprint density at radius 2 is 2.19 bits per heavy atom. The molecule has 0 aliphatic carbocycles. The third kappa shape index (κ3) is 4.15. The quantitative estimate of drug-likeness (QED) is 0.711. The van der Waals surface area contributed by atoms with E-state index < -0.39 is 0 Å². The van der Waals surface area contributed by atoms with Gasteiger partial charge in [-0.05, 0) is 19.4 Å². The molecule has 0 bridgehead atoms. The van der Waals surface area contributed by atoms with E-state index >= 15 is 0 Å². The molecule has 0 amide bonds. The first-order valence-electron chi connectivity index (χ1n) is 5.86. The van der Waals surface area contributed by atoms with E-state index in [2.05, 4.69) is 29.4 Å². The zero-order chi connectivity index (χ0) is 11.8. The highest BCUT2D eigenvalue weighted by Gasteiger charge is 2.13. The van der Waals surface area contributed by atoms with E-state index in [-0.39, 0.29) is 0 Å². The molecule has 0 fully saturated rings. The summed E-state index contributed by atoms with van der Waals surface area (Å²) >= 11 is 1.72. The van der Waals surface area contributed by atoms with E-state index in [9.17, 15) is 0 Å². The van der Waals surface area contributed by atoms with Crippen LogP contribution in [-0.2, 0) is 11.2 Å². The van der Waals surface area contributed by atoms with Crippen LogP contribution >= 0.6 is 11.3 Å². The van der Waals surface area contributed by atoms with Crippen LogP contribution in [0.25, 0.3) is 0 Å². The van der Waals surface area contributed by atoms with E-state index in [4.69, 9.17) is 4.74 Å². The number of nitrogens with zero attached hydrogens (tertiary/aromatic N) is 2. The first kappa shape index (κ1) is 13.5. The van der Waals surface area contributed by atoms with E-state index in [0.29, 0.717) is 6.04 Å². The van der Waals surface area contributed by atoms with Gasteiger partial charge >= 0.3 is 0 Å². The summed E-state index contributed by atoms with van der Waals surface area (Å²) in [5.41, 5.74) is 0. The van der Waals surface area contributed by atoms with Gasteiger partial charge in [0.15, 0.2) is 0 Å². The van der Waals surface area contributed by atoms with Crippen LogP contribution in [0.3, 0.4) is 0 Å². The number of ether oxygens (including phenoxy) is 1. The van der Waals surface area contributed by atoms with Crippen LogP contribution in [0.5, 0.6) is 0 Å². The Hall–Kier alpha value is -0.520. The molecule has 1 N–H and O–H groups in total. The van der Waals surface area contributed by atoms with Crippen molar-refractivity contribution in [3.8, 4) is 0 Å². The Kier molecular flexibility index (Phi) is 6.52. The van der Waals surface area contributed by atoms with E-state index in [1.165, 1.54) is 0 Å². The summed E-state index contributed by atoms with van der Waals surface area (Å²) in [6.45, 7) is 6.04. The maximum absolute atomic E-state index is 5.02. The van der Waals surface area contributed by atoms with Crippen LogP contribution in [0, 0.1) is 0 Å². The summed E-state index contributed by atoms with van der Waals surface area (Å²) in [4.78, 5) is 0. The van der Waals surface area contributed by atoms with Crippen LogP contribution in [0.2, 0.25) is 0 Å². The van der Waals surface area contributed by atoms with Crippen LogP contribution in [-0.4, -0.2) is 30.5 Å². The molecule has 4 nitrogen and oxygen atoms in total. The lowest BCUT2D eigenvalue weighted by atomic mass is 10.2. The van der Waals surface area contributed by atoms with Crippen LogP contribution in [0.4, 0.5) is 0 Å². The Morgan fingerprint density at radius 3 is 2.81 bits per heavy atom. The zero-order valence-electron chi connectivity index (χ0n) is 10.3. The molecule has 1 rings (SSSR count). The van der Waals surface area contributed by atoms with Crippen molar-refractivity contribution < 1.29 is 4.74 Å². The van der Waals surface area contributed by atoms with Gasteiger partial charge in [-0.3, -0.25) is 0 Å². The molecule has 1 atom stereocenters. The second kappa shape index (κ2) is 7.70. The summed E-state index contributed by atoms with van der Waals surface area (Å²) < 4.78 is 5.02. The maximum Gasteiger partial charge on any atom is 0.134 e. The average Bonchev–Trinajstić information content (AvgIpc) is 2.75. The summed E-state index contributed by atoms with van der Waals surface area (Å²) in [6.07, 6.45) is 3.04. The molecule has 1 aromatic rings. The molecule has 0 saturated heterocycles. The third-order valence-electron chi connectivity index (χ3n) is 2.38. The molecule has 92 valence electrons. The van der Waals surface area contributed by atoms with Crippen molar-refractivity contribution in [2.75, 3.05) is 20.3 Å². The topological polar surface area (TPSA) is 47.0 Å². The maximum atomic E-state index is 5.02. The van der Waals surface area contributed by atoms with Crippen molar-refractivity contribution in [2.24, 2.45) is 0 Å². The zero-order valence-corrected chi connectivity index (χ0v) is 11.1. The molecule has 0 aromatic carbocycles. The summed E-state index contributed by atoms with van der Waals surface area (Å²) in [6, 6.07) is 0.360. The SMILES string of the molecule is CCNC(CC)c1nnc(CCCOC)s1. The Labute approximate surface area is 101 Å². The lowest BCUT2D eigenvalue weighted by Gasteiger charge is -2.10. The van der Waals surface area contributed by atoms with Gasteiger partial charge in [0.2, 0.25) is 0 Å². The predicted octanol–water partition coefficient (Wildman–Crippen LogP) is 2.18. The monoisotopic (exact) mass is 243 g/mol. The van der Waals surface area contributed by atoms with Gasteiger partial charge in [-0.1, -0.05) is 25.2 Å². The Morgan fingerprint density at radius 1 is 1.38 bits per heavy atom. The fourth-order valence-electron chi connectivity index (χ4n) is 1.53. The third-order valence-corrected chi connectivity index (χ3v) is 3.48. The van der Waals surface area contributed by atoms with Gasteiger partial charge in [0, 0.05) is 20.1 Å². The van der Waals surface area contributed by atoms with E-state index in [1.807, 2.05) is 0 Å². The molecular weight excluding hydrogens is 222 g/mol. The van der Waals surface area contributed by atoms with E-state index in [1.54, 1.807) is 18.4 Å². The normalized spacial score (nSPS) is 12.9. The highest BCUT2D eigenvalue weighted by molar-refractivity contribution is 7.11. The summed E-state index contributed by atoms with van der Waals surface area (Å²) in [7, 11) is 1.73. The standard InChI is InChI=1S/C11H21N3OS/c1-4-9(12-5-2)11-14-13-10(16-11)7-6-8-15-3/h9,12H,4-8H2,1-3H3. The minimum Gasteiger partial charge on any atom is -0.385 e. The van der Waals surface area contributed by atoms with Gasteiger partial charge in [-0.2, -0.15) is 0 Å². The highest BCUT2D eigenvalue weighted by atomic mass is 32.1. The van der Waals surface area contributed by atoms with Crippen LogP contribution in [0.15, 0.2) is 0 Å². The fourth-order valence-corrected chi connectivity index (χ4v) is 2.57. The summed E-state index contributed by atoms with van der Waals surface area (Å²) in [5.74, 6) is 0. The Balaban J connectivity index is 2.48. The molecule has 1 heterocycles. The van der Waals surface area contributed by atoms with Crippen molar-refractivity contribution in [1.29, 1.82) is 0 Å². The molecule has 0 aliphatic rings. The molecule has 0 aliphatic heterocycles. The molecule has 5 heteroatoms. The Bertz CT molecular complexity index is 291. The first-order chi connectivity index (χ1) is 7.81. The van der Waals surface area contributed by atoms with Gasteiger partial charge in [-0.15, -0.1) is 10.2 Å². The largest absolute Gasteiger partial charge is 0.385 e. The van der Waals surface area contributed by atoms with Gasteiger partial charge < -0.3 is 10.1 Å². The van der Waals surface area contributed by atoms with Gasteiger partial charge in [0.25, 0.3) is 0 Å². The van der Waals surface area contributed by atoms with Gasteiger partial charge in [-0.25, -0.2) is 0 Å².